The van der Waals surface area contributed by atoms with Gasteiger partial charge in [0, 0.05) is 6.54 Å². The van der Waals surface area contributed by atoms with Gasteiger partial charge in [-0.05, 0) is 0 Å². The van der Waals surface area contributed by atoms with E-state index >= 15 is 0 Å². The molecule has 2 N–H and O–H groups in total. The molecular formula is C2H7NO2S. The summed E-state index contributed by atoms with van der Waals surface area (Å²) in [6, 6.07) is 0. The lowest BCUT2D eigenvalue weighted by molar-refractivity contribution is 0.370. The Morgan fingerprint density at radius 2 is 2.50 bits per heavy atom. The molecule has 0 aliphatic heterocycles. The second-order valence-electron chi connectivity index (χ2n) is 0.696. The van der Waals surface area contributed by atoms with Gasteiger partial charge < -0.3 is 5.73 Å². The van der Waals surface area contributed by atoms with Crippen LogP contribution < -0.4 is 5.73 Å². The van der Waals surface area contributed by atoms with Crippen molar-refractivity contribution in [2.75, 3.05) is 13.2 Å². The molecule has 0 rings (SSSR count). The SMILES string of the molecule is NCCO[SH]=O. The Labute approximate surface area is 40.2 Å². The summed E-state index contributed by atoms with van der Waals surface area (Å²) >= 11 is -0.285. The van der Waals surface area contributed by atoms with E-state index in [1.165, 1.54) is 0 Å². The maximum Gasteiger partial charge on any atom is 0.142 e. The van der Waals surface area contributed by atoms with Crippen LogP contribution in [0.1, 0.15) is 0 Å². The van der Waals surface area contributed by atoms with Crippen molar-refractivity contribution in [1.29, 1.82) is 0 Å². The zero-order valence-electron chi connectivity index (χ0n) is 3.26. The number of nitrogens with two attached hydrogens (primary N) is 1. The van der Waals surface area contributed by atoms with Crippen molar-refractivity contribution in [2.45, 2.75) is 0 Å². The summed E-state index contributed by atoms with van der Waals surface area (Å²) in [5.74, 6) is 0. The maximum atomic E-state index is 9.38. The Morgan fingerprint density at radius 3 is 2.67 bits per heavy atom. The molecule has 0 aromatic heterocycles. The third-order valence-electron chi connectivity index (χ3n) is 0.262. The number of hydrogen-bond acceptors (Lipinski definition) is 3. The van der Waals surface area contributed by atoms with E-state index in [4.69, 9.17) is 5.73 Å². The molecule has 3 nitrogen and oxygen atoms in total. The van der Waals surface area contributed by atoms with Crippen LogP contribution in [-0.4, -0.2) is 17.4 Å². The fraction of sp³-hybridized carbons (Fsp3) is 1.00. The van der Waals surface area contributed by atoms with Crippen LogP contribution in [0, 0.1) is 0 Å². The van der Waals surface area contributed by atoms with Gasteiger partial charge in [0.25, 0.3) is 0 Å². The highest BCUT2D eigenvalue weighted by Gasteiger charge is 1.71. The van der Waals surface area contributed by atoms with Crippen LogP contribution >= 0.6 is 0 Å². The molecule has 0 bridgehead atoms. The van der Waals surface area contributed by atoms with Crippen LogP contribution in [0.2, 0.25) is 0 Å². The highest BCUT2D eigenvalue weighted by Crippen LogP contribution is 1.60. The van der Waals surface area contributed by atoms with Gasteiger partial charge in [0.2, 0.25) is 0 Å². The normalized spacial score (nSPS) is 8.83. The van der Waals surface area contributed by atoms with E-state index in [9.17, 15) is 4.21 Å². The van der Waals surface area contributed by atoms with Crippen molar-refractivity contribution in [3.63, 3.8) is 0 Å². The summed E-state index contributed by atoms with van der Waals surface area (Å²) < 4.78 is 13.7. The highest BCUT2D eigenvalue weighted by atomic mass is 32.2. The molecule has 0 fully saturated rings. The summed E-state index contributed by atoms with van der Waals surface area (Å²) in [5.41, 5.74) is 4.95. The molecule has 0 heterocycles. The molecule has 6 heavy (non-hydrogen) atoms. The maximum absolute atomic E-state index is 9.38. The number of hydrogen-bond donors (Lipinski definition) is 2. The molecule has 0 spiro atoms. The second-order valence-corrected chi connectivity index (χ2v) is 1.10. The molecule has 4 heteroatoms. The highest BCUT2D eigenvalue weighted by molar-refractivity contribution is 7.60. The van der Waals surface area contributed by atoms with Crippen molar-refractivity contribution in [3.8, 4) is 0 Å². The molecule has 0 aliphatic rings. The Hall–Kier alpha value is 0.0700. The van der Waals surface area contributed by atoms with Gasteiger partial charge in [0.15, 0.2) is 0 Å². The van der Waals surface area contributed by atoms with E-state index < -0.39 is 0 Å². The first kappa shape index (κ1) is 6.07. The topological polar surface area (TPSA) is 52.3 Å². The molecule has 0 unspecified atom stereocenters. The summed E-state index contributed by atoms with van der Waals surface area (Å²) in [5, 5.41) is 0. The molecule has 0 aliphatic carbocycles. The van der Waals surface area contributed by atoms with Gasteiger partial charge in [-0.3, -0.25) is 4.18 Å². The molecule has 0 saturated carbocycles. The predicted molar refractivity (Wildman–Crippen MR) is 24.5 cm³/mol. The molecule has 0 amide bonds. The summed E-state index contributed by atoms with van der Waals surface area (Å²) in [4.78, 5) is 0. The van der Waals surface area contributed by atoms with E-state index in [0.29, 0.717) is 13.2 Å². The molecule has 0 atom stereocenters. The van der Waals surface area contributed by atoms with Crippen molar-refractivity contribution in [2.24, 2.45) is 5.73 Å². The van der Waals surface area contributed by atoms with E-state index in [1.54, 1.807) is 0 Å². The lowest BCUT2D eigenvalue weighted by Gasteiger charge is -1.83. The second kappa shape index (κ2) is 5.07. The lowest BCUT2D eigenvalue weighted by Crippen LogP contribution is -2.05. The summed E-state index contributed by atoms with van der Waals surface area (Å²) in [6.07, 6.45) is 0. The Bertz CT molecular complexity index is 40.5. The average Bonchev–Trinajstić information content (AvgIpc) is 1.61. The zero-order valence-corrected chi connectivity index (χ0v) is 4.15. The standard InChI is InChI=1S/C2H7NO2S/c3-1-2-5-6-4/h6H,1-3H2. The van der Waals surface area contributed by atoms with Gasteiger partial charge in [0.05, 0.1) is 6.61 Å². The van der Waals surface area contributed by atoms with Gasteiger partial charge in [-0.2, -0.15) is 0 Å². The van der Waals surface area contributed by atoms with Gasteiger partial charge in [-0.1, -0.05) is 0 Å². The van der Waals surface area contributed by atoms with Crippen LogP contribution in [0.4, 0.5) is 0 Å². The van der Waals surface area contributed by atoms with Crippen molar-refractivity contribution in [1.82, 2.24) is 0 Å². The van der Waals surface area contributed by atoms with Gasteiger partial charge in [-0.15, -0.1) is 0 Å². The minimum atomic E-state index is -0.285. The molecular weight excluding hydrogens is 102 g/mol. The third-order valence-corrected chi connectivity index (χ3v) is 0.550. The van der Waals surface area contributed by atoms with Gasteiger partial charge in [-0.25, -0.2) is 4.21 Å². The van der Waals surface area contributed by atoms with Crippen LogP contribution in [0.25, 0.3) is 0 Å². The fourth-order valence-electron chi connectivity index (χ4n) is 0.0900. The molecule has 0 aromatic carbocycles. The minimum absolute atomic E-state index is 0.285. The quantitative estimate of drug-likeness (QED) is 0.354. The zero-order chi connectivity index (χ0) is 4.83. The molecule has 0 saturated heterocycles. The van der Waals surface area contributed by atoms with Crippen LogP contribution in [0.5, 0.6) is 0 Å². The Balaban J connectivity index is 2.49. The van der Waals surface area contributed by atoms with E-state index in [0.717, 1.165) is 0 Å². The molecule has 38 valence electrons. The minimum Gasteiger partial charge on any atom is -0.328 e. The van der Waals surface area contributed by atoms with Crippen LogP contribution in [-0.2, 0) is 16.1 Å². The van der Waals surface area contributed by atoms with Gasteiger partial charge in [0.1, 0.15) is 11.9 Å². The average molecular weight is 109 g/mol. The molecule has 0 radical (unpaired) electrons. The van der Waals surface area contributed by atoms with Crippen molar-refractivity contribution < 1.29 is 8.39 Å². The third kappa shape index (κ3) is 4.07. The predicted octanol–water partition coefficient (Wildman–Crippen LogP) is -1.18. The van der Waals surface area contributed by atoms with E-state index in [-0.39, 0.29) is 11.9 Å². The Morgan fingerprint density at radius 1 is 1.83 bits per heavy atom. The van der Waals surface area contributed by atoms with Gasteiger partial charge >= 0.3 is 0 Å². The number of thiol groups is 1. The van der Waals surface area contributed by atoms with Crippen molar-refractivity contribution in [3.05, 3.63) is 0 Å². The molecule has 0 aromatic rings. The lowest BCUT2D eigenvalue weighted by atomic mass is 10.8. The largest absolute Gasteiger partial charge is 0.328 e. The van der Waals surface area contributed by atoms with Crippen molar-refractivity contribution >= 4 is 11.9 Å². The van der Waals surface area contributed by atoms with E-state index in [1.807, 2.05) is 0 Å². The van der Waals surface area contributed by atoms with Crippen LogP contribution in [0.15, 0.2) is 0 Å². The first-order valence-electron chi connectivity index (χ1n) is 1.56. The Kier molecular flexibility index (Phi) is 5.13. The van der Waals surface area contributed by atoms with Crippen LogP contribution in [0.3, 0.4) is 0 Å². The monoisotopic (exact) mass is 109 g/mol. The fourth-order valence-corrected chi connectivity index (χ4v) is 0.270. The smallest absolute Gasteiger partial charge is 0.142 e. The summed E-state index contributed by atoms with van der Waals surface area (Å²) in [7, 11) is 0. The summed E-state index contributed by atoms with van der Waals surface area (Å²) in [6.45, 7) is 0.792. The first-order valence-corrected chi connectivity index (χ1v) is 2.29. The number of rotatable bonds is 3. The van der Waals surface area contributed by atoms with E-state index in [2.05, 4.69) is 4.18 Å². The first-order chi connectivity index (χ1) is 2.91.